The molecule has 0 saturated carbocycles. The summed E-state index contributed by atoms with van der Waals surface area (Å²) in [6.45, 7) is 14.0. The van der Waals surface area contributed by atoms with Gasteiger partial charge in [-0.3, -0.25) is 0 Å². The Morgan fingerprint density at radius 3 is 2.08 bits per heavy atom. The minimum absolute atomic E-state index is 1.03. The van der Waals surface area contributed by atoms with Crippen LogP contribution in [0.3, 0.4) is 0 Å². The van der Waals surface area contributed by atoms with Crippen molar-refractivity contribution >= 4 is 47.9 Å². The second-order valence-electron chi connectivity index (χ2n) is 6.49. The van der Waals surface area contributed by atoms with Gasteiger partial charge in [-0.15, -0.1) is 6.58 Å². The number of benzene rings is 1. The Balaban J connectivity index is 3.44. The van der Waals surface area contributed by atoms with Crippen LogP contribution in [0.5, 0.6) is 0 Å². The predicted molar refractivity (Wildman–Crippen MR) is 127 cm³/mol. The third-order valence-corrected chi connectivity index (χ3v) is 3.96. The summed E-state index contributed by atoms with van der Waals surface area (Å²) in [7, 11) is 8.44. The fraction of sp³-hybridized carbons (Fsp3) is 0.0476. The lowest BCUT2D eigenvalue weighted by molar-refractivity contribution is 1.50. The van der Waals surface area contributed by atoms with Gasteiger partial charge in [0.15, 0.2) is 0 Å². The predicted octanol–water partition coefficient (Wildman–Crippen LogP) is 0.495. The van der Waals surface area contributed by atoms with E-state index in [2.05, 4.69) is 74.5 Å². The Labute approximate surface area is 157 Å². The minimum Gasteiger partial charge on any atom is -0.105 e. The molecular formula is C21H26B4. The molecule has 0 radical (unpaired) electrons. The van der Waals surface area contributed by atoms with Crippen LogP contribution in [-0.2, 0) is 0 Å². The van der Waals surface area contributed by atoms with Crippen molar-refractivity contribution in [2.75, 3.05) is 0 Å². The van der Waals surface area contributed by atoms with E-state index in [0.717, 1.165) is 16.6 Å². The molecule has 0 spiro atoms. The van der Waals surface area contributed by atoms with Crippen LogP contribution in [-0.4, -0.2) is 31.4 Å². The van der Waals surface area contributed by atoms with E-state index in [1.165, 1.54) is 27.5 Å². The Morgan fingerprint density at radius 2 is 1.60 bits per heavy atom. The van der Waals surface area contributed by atoms with Crippen molar-refractivity contribution in [1.29, 1.82) is 0 Å². The minimum atomic E-state index is 1.03. The smallest absolute Gasteiger partial charge is 0.105 e. The highest BCUT2D eigenvalue weighted by atomic mass is 14.1. The van der Waals surface area contributed by atoms with Crippen LogP contribution in [0, 0.1) is 0 Å². The quantitative estimate of drug-likeness (QED) is 0.507. The molecule has 0 saturated heterocycles. The number of allylic oxidation sites excluding steroid dienone is 11. The highest BCUT2D eigenvalue weighted by Crippen LogP contribution is 2.23. The molecular weight excluding hydrogens is 295 g/mol. The average Bonchev–Trinajstić information content (AvgIpc) is 2.52. The molecule has 0 N–H and O–H groups in total. The van der Waals surface area contributed by atoms with E-state index in [-0.39, 0.29) is 0 Å². The summed E-state index contributed by atoms with van der Waals surface area (Å²) in [5.74, 6) is 0. The van der Waals surface area contributed by atoms with Gasteiger partial charge in [0.05, 0.1) is 0 Å². The normalized spacial score (nSPS) is 13.5. The maximum Gasteiger partial charge on any atom is 0.140 e. The van der Waals surface area contributed by atoms with Gasteiger partial charge in [0.2, 0.25) is 0 Å². The van der Waals surface area contributed by atoms with E-state index < -0.39 is 0 Å². The molecule has 4 heteroatoms. The summed E-state index contributed by atoms with van der Waals surface area (Å²) in [5.41, 5.74) is 9.47. The van der Waals surface area contributed by atoms with E-state index in [4.69, 9.17) is 0 Å². The van der Waals surface area contributed by atoms with E-state index in [1.54, 1.807) is 6.08 Å². The topological polar surface area (TPSA) is 0 Å². The van der Waals surface area contributed by atoms with Crippen molar-refractivity contribution in [3.05, 3.63) is 102 Å². The number of hydrogen-bond donors (Lipinski definition) is 0. The zero-order valence-electron chi connectivity index (χ0n) is 16.3. The van der Waals surface area contributed by atoms with Gasteiger partial charge in [0.1, 0.15) is 31.4 Å². The molecule has 0 amide bonds. The first-order valence-electron chi connectivity index (χ1n) is 8.56. The standard InChI is InChI=1S/C21H26B4/c1-5-7-8-9-16(6-2)21(15(4)22)20(25)10-14(3)17-11-18(23)13-19(24)12-17/h5-13H,1-2,4,22-25H2,3H3/b8-7-,14-10+,16-9+,21-20-. The molecule has 1 aromatic carbocycles. The van der Waals surface area contributed by atoms with Crippen LogP contribution >= 0.6 is 0 Å². The summed E-state index contributed by atoms with van der Waals surface area (Å²) in [6, 6.07) is 6.65. The van der Waals surface area contributed by atoms with Crippen molar-refractivity contribution < 1.29 is 0 Å². The fourth-order valence-corrected chi connectivity index (χ4v) is 2.98. The van der Waals surface area contributed by atoms with Crippen LogP contribution in [0.1, 0.15) is 12.5 Å². The summed E-state index contributed by atoms with van der Waals surface area (Å²) < 4.78 is 0. The lowest BCUT2D eigenvalue weighted by Crippen LogP contribution is -2.14. The van der Waals surface area contributed by atoms with Crippen LogP contribution in [0.15, 0.2) is 96.5 Å². The summed E-state index contributed by atoms with van der Waals surface area (Å²) in [6.07, 6.45) is 11.8. The number of hydrogen-bond acceptors (Lipinski definition) is 0. The Morgan fingerprint density at radius 1 is 1.00 bits per heavy atom. The second-order valence-corrected chi connectivity index (χ2v) is 6.49. The molecule has 0 aliphatic heterocycles. The monoisotopic (exact) mass is 322 g/mol. The molecule has 25 heavy (non-hydrogen) atoms. The largest absolute Gasteiger partial charge is 0.140 e. The molecule has 0 nitrogen and oxygen atoms in total. The lowest BCUT2D eigenvalue weighted by atomic mass is 9.75. The van der Waals surface area contributed by atoms with E-state index in [9.17, 15) is 0 Å². The molecule has 0 fully saturated rings. The third-order valence-electron chi connectivity index (χ3n) is 3.96. The van der Waals surface area contributed by atoms with Crippen molar-refractivity contribution in [2.24, 2.45) is 0 Å². The first-order chi connectivity index (χ1) is 11.8. The van der Waals surface area contributed by atoms with Crippen molar-refractivity contribution in [3.8, 4) is 0 Å². The Hall–Kier alpha value is -2.34. The maximum atomic E-state index is 4.16. The Kier molecular flexibility index (Phi) is 8.14. The van der Waals surface area contributed by atoms with Gasteiger partial charge in [-0.1, -0.05) is 89.7 Å². The van der Waals surface area contributed by atoms with Gasteiger partial charge < -0.3 is 0 Å². The average molecular weight is 322 g/mol. The van der Waals surface area contributed by atoms with Crippen LogP contribution < -0.4 is 10.9 Å². The molecule has 0 aromatic heterocycles. The van der Waals surface area contributed by atoms with Gasteiger partial charge in [-0.2, -0.15) is 0 Å². The Bertz CT molecular complexity index is 785. The first kappa shape index (κ1) is 20.7. The van der Waals surface area contributed by atoms with Crippen LogP contribution in [0.25, 0.3) is 5.57 Å². The van der Waals surface area contributed by atoms with E-state index in [1.807, 2.05) is 32.2 Å². The zero-order chi connectivity index (χ0) is 19.0. The molecule has 1 rings (SSSR count). The summed E-state index contributed by atoms with van der Waals surface area (Å²) in [4.78, 5) is 0. The van der Waals surface area contributed by atoms with Crippen molar-refractivity contribution in [3.63, 3.8) is 0 Å². The molecule has 1 aromatic rings. The van der Waals surface area contributed by atoms with Gasteiger partial charge >= 0.3 is 0 Å². The maximum absolute atomic E-state index is 4.16. The van der Waals surface area contributed by atoms with Crippen molar-refractivity contribution in [2.45, 2.75) is 6.92 Å². The van der Waals surface area contributed by atoms with Crippen LogP contribution in [0.4, 0.5) is 0 Å². The molecule has 0 aliphatic carbocycles. The first-order valence-corrected chi connectivity index (χ1v) is 8.56. The van der Waals surface area contributed by atoms with Crippen molar-refractivity contribution in [1.82, 2.24) is 0 Å². The molecule has 0 unspecified atom stereocenters. The van der Waals surface area contributed by atoms with Gasteiger partial charge in [-0.05, 0) is 29.2 Å². The molecule has 0 aliphatic rings. The van der Waals surface area contributed by atoms with Gasteiger partial charge in [-0.25, -0.2) is 0 Å². The molecule has 0 bridgehead atoms. The highest BCUT2D eigenvalue weighted by molar-refractivity contribution is 6.38. The summed E-state index contributed by atoms with van der Waals surface area (Å²) in [5, 5.41) is 0. The second kappa shape index (κ2) is 9.83. The molecule has 0 heterocycles. The SMILES string of the molecule is BC(=C)C(/C(C=C)=C/C=C\C=C)=C(B)\C=C(/C)c1cc(B)cc(B)c1. The van der Waals surface area contributed by atoms with Gasteiger partial charge in [0, 0.05) is 0 Å². The van der Waals surface area contributed by atoms with E-state index in [0.29, 0.717) is 0 Å². The van der Waals surface area contributed by atoms with E-state index >= 15 is 0 Å². The fourth-order valence-electron chi connectivity index (χ4n) is 2.98. The zero-order valence-corrected chi connectivity index (χ0v) is 16.3. The highest BCUT2D eigenvalue weighted by Gasteiger charge is 2.07. The van der Waals surface area contributed by atoms with Gasteiger partial charge in [0.25, 0.3) is 0 Å². The summed E-state index contributed by atoms with van der Waals surface area (Å²) >= 11 is 0. The molecule has 122 valence electrons. The molecule has 0 atom stereocenters. The lowest BCUT2D eigenvalue weighted by Gasteiger charge is -2.13. The number of rotatable bonds is 7. The van der Waals surface area contributed by atoms with Crippen LogP contribution in [0.2, 0.25) is 0 Å². The third kappa shape index (κ3) is 6.23.